The first-order chi connectivity index (χ1) is 29.8. The van der Waals surface area contributed by atoms with Crippen LogP contribution >= 0.6 is 0 Å². The summed E-state index contributed by atoms with van der Waals surface area (Å²) in [6.07, 6.45) is 13.4. The van der Waals surface area contributed by atoms with Gasteiger partial charge in [0, 0.05) is 72.5 Å². The number of hydrogen-bond acceptors (Lipinski definition) is 16. The molecule has 2 unspecified atom stereocenters. The Labute approximate surface area is 460 Å². The van der Waals surface area contributed by atoms with Crippen LogP contribution in [0.5, 0.6) is 0 Å². The summed E-state index contributed by atoms with van der Waals surface area (Å²) < 4.78 is 155. The molecule has 0 aromatic heterocycles. The molecule has 0 bridgehead atoms. The molecule has 2 aromatic carbocycles. The standard InChI is InChI=1S/C42H56N2O16S4.3Na/c1-41(21-12-28-61(47,48)49)34-30-32(63(53,54)55)17-19-36(34)43(23-11-7-10-16-40(45)46)38(41)14-8-5-4-6-9-15-39-42(2,22-13-29-62(50,51)52)35-31-33(64(56,57)58)18-20-37(35)44(39)24-25-60-27-26-59-3;;;/h4-6,8-9,14-15,17-20,30-31H,7,10-13,16,21-29H2,1-3H3,(H4-,45,46,47,48,49,50,51,52,53,54,55,56,57,58);;;/q;3*+1/p-3. The van der Waals surface area contributed by atoms with E-state index in [1.54, 1.807) is 56.4 Å². The van der Waals surface area contributed by atoms with Crippen molar-refractivity contribution in [2.75, 3.05) is 56.4 Å². The fourth-order valence-electron chi connectivity index (χ4n) is 8.20. The molecule has 2 aliphatic heterocycles. The molecule has 67 heavy (non-hydrogen) atoms. The van der Waals surface area contributed by atoms with Gasteiger partial charge in [-0.15, -0.1) is 0 Å². The average Bonchev–Trinajstić information content (AvgIpc) is 3.55. The van der Waals surface area contributed by atoms with E-state index in [1.165, 1.54) is 43.5 Å². The predicted molar refractivity (Wildman–Crippen MR) is 233 cm³/mol. The minimum Gasteiger partial charge on any atom is -0.748 e. The second-order valence-electron chi connectivity index (χ2n) is 15.8. The van der Waals surface area contributed by atoms with Crippen molar-refractivity contribution in [1.82, 2.24) is 0 Å². The number of carboxylic acids is 1. The summed E-state index contributed by atoms with van der Waals surface area (Å²) in [6.45, 7) is 5.00. The third-order valence-corrected chi connectivity index (χ3v) is 14.5. The van der Waals surface area contributed by atoms with Crippen molar-refractivity contribution in [3.8, 4) is 0 Å². The van der Waals surface area contributed by atoms with E-state index in [9.17, 15) is 56.7 Å². The summed E-state index contributed by atoms with van der Waals surface area (Å²) in [6, 6.07) is 7.91. The van der Waals surface area contributed by atoms with E-state index in [0.29, 0.717) is 72.9 Å². The van der Waals surface area contributed by atoms with Crippen LogP contribution in [0, 0.1) is 0 Å². The molecule has 0 radical (unpaired) electrons. The zero-order valence-electron chi connectivity index (χ0n) is 38.7. The van der Waals surface area contributed by atoms with Crippen molar-refractivity contribution in [3.05, 3.63) is 95.8 Å². The van der Waals surface area contributed by atoms with Crippen LogP contribution in [0.2, 0.25) is 0 Å². The molecule has 2 heterocycles. The third kappa shape index (κ3) is 18.5. The summed E-state index contributed by atoms with van der Waals surface area (Å²) in [7, 11) is -17.4. The number of anilines is 1. The van der Waals surface area contributed by atoms with Crippen LogP contribution in [0.3, 0.4) is 0 Å². The predicted octanol–water partition coefficient (Wildman–Crippen LogP) is -4.85. The van der Waals surface area contributed by atoms with Crippen molar-refractivity contribution in [2.24, 2.45) is 0 Å². The van der Waals surface area contributed by atoms with Crippen LogP contribution in [0.25, 0.3) is 0 Å². The Hall–Kier alpha value is -1.10. The zero-order valence-corrected chi connectivity index (χ0v) is 48.0. The van der Waals surface area contributed by atoms with E-state index in [4.69, 9.17) is 14.6 Å². The molecule has 0 spiro atoms. The van der Waals surface area contributed by atoms with E-state index in [-0.39, 0.29) is 134 Å². The van der Waals surface area contributed by atoms with Gasteiger partial charge in [-0.2, -0.15) is 4.58 Å². The van der Waals surface area contributed by atoms with Gasteiger partial charge < -0.3 is 37.7 Å². The number of hydrogen-bond donors (Lipinski definition) is 1. The van der Waals surface area contributed by atoms with Gasteiger partial charge in [0.05, 0.1) is 55.3 Å². The number of carboxylic acid groups (broad SMARTS) is 1. The Morgan fingerprint density at radius 1 is 0.701 bits per heavy atom. The number of benzene rings is 2. The molecular formula is C42H53N2Na3O16S4. The molecule has 0 fully saturated rings. The van der Waals surface area contributed by atoms with Gasteiger partial charge in [-0.05, 0) is 94.3 Å². The molecule has 18 nitrogen and oxygen atoms in total. The van der Waals surface area contributed by atoms with Crippen molar-refractivity contribution in [1.29, 1.82) is 0 Å². The molecule has 0 aliphatic carbocycles. The second-order valence-corrected chi connectivity index (χ2v) is 21.6. The maximum absolute atomic E-state index is 12.1. The Balaban J connectivity index is 0.00000748. The molecule has 2 aliphatic rings. The average molecular weight is 1040 g/mol. The smallest absolute Gasteiger partial charge is 0.748 e. The fourth-order valence-corrected chi connectivity index (χ4v) is 10.2. The topological polar surface area (TPSA) is 291 Å². The van der Waals surface area contributed by atoms with Gasteiger partial charge in [-0.25, -0.2) is 33.7 Å². The van der Waals surface area contributed by atoms with Gasteiger partial charge >= 0.3 is 94.6 Å². The number of allylic oxidation sites excluding steroid dienone is 8. The summed E-state index contributed by atoms with van der Waals surface area (Å²) >= 11 is 0. The molecule has 1 N–H and O–H groups in total. The van der Waals surface area contributed by atoms with Crippen molar-refractivity contribution in [3.63, 3.8) is 0 Å². The molecule has 4 rings (SSSR count). The minimum absolute atomic E-state index is 0. The monoisotopic (exact) mass is 1040 g/mol. The molecule has 25 heteroatoms. The van der Waals surface area contributed by atoms with Gasteiger partial charge in [0.2, 0.25) is 5.69 Å². The number of fused-ring (bicyclic) bond motifs is 2. The normalized spacial score (nSPS) is 19.2. The van der Waals surface area contributed by atoms with E-state index >= 15 is 0 Å². The maximum atomic E-state index is 12.1. The first-order valence-electron chi connectivity index (χ1n) is 20.3. The van der Waals surface area contributed by atoms with Crippen molar-refractivity contribution in [2.45, 2.75) is 85.8 Å². The minimum atomic E-state index is -4.88. The number of carbonyl (C=O) groups is 1. The summed E-state index contributed by atoms with van der Waals surface area (Å²) in [5, 5.41) is 9.10. The van der Waals surface area contributed by atoms with E-state index < -0.39 is 78.6 Å². The van der Waals surface area contributed by atoms with Gasteiger partial charge in [0.1, 0.15) is 26.8 Å². The van der Waals surface area contributed by atoms with Crippen molar-refractivity contribution >= 4 is 63.5 Å². The number of unbranched alkanes of at least 4 members (excludes halogenated alkanes) is 2. The number of ether oxygens (including phenoxy) is 2. The molecule has 354 valence electrons. The Morgan fingerprint density at radius 2 is 1.25 bits per heavy atom. The van der Waals surface area contributed by atoms with Crippen LogP contribution in [-0.4, -0.2) is 125 Å². The van der Waals surface area contributed by atoms with E-state index in [2.05, 4.69) is 0 Å². The number of rotatable bonds is 26. The Morgan fingerprint density at radius 3 is 1.82 bits per heavy atom. The molecule has 0 amide bonds. The van der Waals surface area contributed by atoms with Crippen LogP contribution < -0.4 is 93.6 Å². The number of nitrogens with zero attached hydrogens (tertiary/aromatic N) is 2. The largest absolute Gasteiger partial charge is 1.00 e. The zero-order chi connectivity index (χ0) is 47.6. The quantitative estimate of drug-likeness (QED) is 0.0304. The molecule has 2 atom stereocenters. The first-order valence-corrected chi connectivity index (χ1v) is 26.3. The summed E-state index contributed by atoms with van der Waals surface area (Å²) in [5.41, 5.74) is 1.10. The summed E-state index contributed by atoms with van der Waals surface area (Å²) in [5.74, 6) is -2.28. The van der Waals surface area contributed by atoms with Gasteiger partial charge in [0.25, 0.3) is 0 Å². The maximum Gasteiger partial charge on any atom is 1.00 e. The SMILES string of the molecule is COCCOCCN1/C(=C/C=C/C=C/C=C/C2=[N+](CCCCCC(=O)O)c3ccc(S(=O)(=O)[O-])cc3C2(C)CCCS(=O)(=O)[O-])C(C)(CCCS(=O)(=O)[O-])c2cc(S(=O)(=O)[O-])ccc21.[Na+].[Na+].[Na+]. The van der Waals surface area contributed by atoms with E-state index in [0.717, 1.165) is 0 Å². The molecule has 0 saturated carbocycles. The van der Waals surface area contributed by atoms with Crippen molar-refractivity contribution < 1.29 is 165 Å². The van der Waals surface area contributed by atoms with E-state index in [1.807, 2.05) is 9.48 Å². The number of methoxy groups -OCH3 is 1. The first kappa shape index (κ1) is 63.9. The Kier molecular flexibility index (Phi) is 26.4. The van der Waals surface area contributed by atoms with Crippen LogP contribution in [-0.2, 0) is 65.6 Å². The molecular weight excluding hydrogens is 986 g/mol. The van der Waals surface area contributed by atoms with Gasteiger partial charge in [0.15, 0.2) is 5.71 Å². The number of aliphatic carboxylic acids is 1. The molecule has 0 saturated heterocycles. The van der Waals surface area contributed by atoms with Crippen LogP contribution in [0.4, 0.5) is 11.4 Å². The Bertz CT molecular complexity index is 2660. The van der Waals surface area contributed by atoms with Crippen LogP contribution in [0.15, 0.2) is 94.4 Å². The van der Waals surface area contributed by atoms with Crippen LogP contribution in [0.1, 0.15) is 76.3 Å². The van der Waals surface area contributed by atoms with Gasteiger partial charge in [-0.3, -0.25) is 4.79 Å². The third-order valence-electron chi connectivity index (χ3n) is 11.3. The van der Waals surface area contributed by atoms with Gasteiger partial charge in [-0.1, -0.05) is 30.4 Å². The summed E-state index contributed by atoms with van der Waals surface area (Å²) in [4.78, 5) is 12.0. The second kappa shape index (κ2) is 27.6. The fraction of sp³-hybridized carbons (Fsp3) is 0.476. The molecule has 2 aromatic rings.